The normalized spacial score (nSPS) is 10.2. The van der Waals surface area contributed by atoms with E-state index in [2.05, 4.69) is 10.6 Å². The number of hydrogen-bond donors (Lipinski definition) is 8. The van der Waals surface area contributed by atoms with Gasteiger partial charge in [-0.2, -0.15) is 16.8 Å². The molecule has 0 radical (unpaired) electrons. The molecule has 19 heteroatoms. The second kappa shape index (κ2) is 20.8. The van der Waals surface area contributed by atoms with Gasteiger partial charge in [-0.25, -0.2) is 0 Å². The molecule has 0 aromatic heterocycles. The Hall–Kier alpha value is -2.16. The minimum absolute atomic E-state index is 0. The van der Waals surface area contributed by atoms with E-state index >= 15 is 0 Å². The van der Waals surface area contributed by atoms with E-state index < -0.39 is 20.8 Å². The van der Waals surface area contributed by atoms with E-state index in [1.165, 1.54) is 0 Å². The second-order valence-electron chi connectivity index (χ2n) is 6.21. The fraction of sp³-hybridized carbons (Fsp3) is 0.333. The summed E-state index contributed by atoms with van der Waals surface area (Å²) in [6, 6.07) is 10.8. The van der Waals surface area contributed by atoms with Gasteiger partial charge in [-0.05, 0) is 36.4 Å². The van der Waals surface area contributed by atoms with Gasteiger partial charge in [0.1, 0.15) is 0 Å². The third-order valence-electron chi connectivity index (χ3n) is 3.23. The van der Waals surface area contributed by atoms with Crippen molar-refractivity contribution in [1.82, 2.24) is 0 Å². The maximum atomic E-state index is 8.74. The Morgan fingerprint density at radius 2 is 1.00 bits per heavy atom. The third-order valence-corrected chi connectivity index (χ3v) is 3.85. The molecule has 0 saturated carbocycles. The minimum atomic E-state index is -4.67. The number of nitrogens with two attached hydrogens (primary N) is 2. The highest BCUT2D eigenvalue weighted by Crippen LogP contribution is 2.24. The number of nitrogens with one attached hydrogen (secondary N) is 2. The molecule has 0 unspecified atom stereocenters. The Kier molecular flexibility index (Phi) is 22.2. The van der Waals surface area contributed by atoms with Crippen molar-refractivity contribution < 1.29 is 50.0 Å². The summed E-state index contributed by atoms with van der Waals surface area (Å²) >= 11 is 11.9. The zero-order valence-corrected chi connectivity index (χ0v) is 22.9. The van der Waals surface area contributed by atoms with E-state index in [-0.39, 0.29) is 5.48 Å². The predicted molar refractivity (Wildman–Crippen MR) is 144 cm³/mol. The van der Waals surface area contributed by atoms with Gasteiger partial charge in [0.2, 0.25) is 0 Å². The lowest BCUT2D eigenvalue weighted by Crippen LogP contribution is -2.07. The largest absolute Gasteiger partial charge is 0.412 e. The van der Waals surface area contributed by atoms with Gasteiger partial charge >= 0.3 is 20.8 Å². The fourth-order valence-corrected chi connectivity index (χ4v) is 2.44. The summed E-state index contributed by atoms with van der Waals surface area (Å²) in [5.74, 6) is 0. The summed E-state index contributed by atoms with van der Waals surface area (Å²) in [5.41, 5.74) is 14.2. The smallest absolute Gasteiger partial charge is 0.394 e. The van der Waals surface area contributed by atoms with Gasteiger partial charge in [0, 0.05) is 38.7 Å². The number of methoxy groups -OCH3 is 2. The summed E-state index contributed by atoms with van der Waals surface area (Å²) in [7, 11) is -6.02. The molecule has 0 amide bonds. The monoisotopic (exact) mass is 614 g/mol. The SMILES string of the molecule is COCCNc1ccc(N)cc1Cl.COCCNc1ccc(N)cc1Cl.O.O=S(=O)(O)O.O=S(=O)(O)O. The summed E-state index contributed by atoms with van der Waals surface area (Å²) < 4.78 is 73.0. The molecule has 12 N–H and O–H groups in total. The van der Waals surface area contributed by atoms with E-state index in [4.69, 9.17) is 79.2 Å². The molecule has 0 aliphatic carbocycles. The molecule has 2 aromatic carbocycles. The van der Waals surface area contributed by atoms with Crippen LogP contribution >= 0.6 is 23.2 Å². The number of benzene rings is 2. The number of halogens is 2. The molecule has 216 valence electrons. The molecule has 15 nitrogen and oxygen atoms in total. The lowest BCUT2D eigenvalue weighted by atomic mass is 10.3. The zero-order valence-electron chi connectivity index (χ0n) is 19.8. The molecule has 0 aliphatic heterocycles. The molecular weight excluding hydrogens is 583 g/mol. The number of hydrogen-bond acceptors (Lipinski definition) is 10. The molecule has 0 fully saturated rings. The maximum Gasteiger partial charge on any atom is 0.394 e. The molecule has 37 heavy (non-hydrogen) atoms. The second-order valence-corrected chi connectivity index (χ2v) is 8.82. The number of anilines is 4. The van der Waals surface area contributed by atoms with Crippen molar-refractivity contribution in [2.75, 3.05) is 62.6 Å². The van der Waals surface area contributed by atoms with Gasteiger partial charge < -0.3 is 37.1 Å². The highest BCUT2D eigenvalue weighted by molar-refractivity contribution is 7.80. The topological polar surface area (TPSA) is 275 Å². The van der Waals surface area contributed by atoms with E-state index in [0.717, 1.165) is 24.5 Å². The van der Waals surface area contributed by atoms with Crippen LogP contribution in [0.15, 0.2) is 36.4 Å². The number of rotatable bonds is 8. The predicted octanol–water partition coefficient (Wildman–Crippen LogP) is 1.83. The van der Waals surface area contributed by atoms with Crippen LogP contribution in [0.5, 0.6) is 0 Å². The third kappa shape index (κ3) is 30.0. The maximum absolute atomic E-state index is 8.74. The molecule has 2 aromatic rings. The van der Waals surface area contributed by atoms with Gasteiger partial charge in [0.25, 0.3) is 0 Å². The number of nitrogen functional groups attached to an aromatic ring is 2. The van der Waals surface area contributed by atoms with E-state index in [0.29, 0.717) is 34.6 Å². The van der Waals surface area contributed by atoms with Crippen LogP contribution in [0.3, 0.4) is 0 Å². The standard InChI is InChI=1S/2C9H13ClN2O.2H2O4S.H2O/c2*1-13-5-4-12-9-3-2-7(11)6-8(9)10;2*1-5(2,3)4;/h2*2-3,6,12H,4-5,11H2,1H3;2*(H2,1,2,3,4);1H2. The lowest BCUT2D eigenvalue weighted by Gasteiger charge is -2.07. The molecule has 0 spiro atoms. The fourth-order valence-electron chi connectivity index (χ4n) is 1.92. The first-order valence-corrected chi connectivity index (χ1v) is 13.0. The molecular formula is C18H32Cl2N4O11S2. The summed E-state index contributed by atoms with van der Waals surface area (Å²) in [6.45, 7) is 2.78. The highest BCUT2D eigenvalue weighted by atomic mass is 35.5. The molecule has 0 aliphatic rings. The van der Waals surface area contributed by atoms with E-state index in [1.807, 2.05) is 12.1 Å². The van der Waals surface area contributed by atoms with Crippen molar-refractivity contribution >= 4 is 66.7 Å². The molecule has 0 saturated heterocycles. The Labute approximate surface area is 225 Å². The van der Waals surface area contributed by atoms with Crippen LogP contribution in [0.4, 0.5) is 22.7 Å². The minimum Gasteiger partial charge on any atom is -0.412 e. The van der Waals surface area contributed by atoms with Crippen molar-refractivity contribution in [2.24, 2.45) is 0 Å². The van der Waals surface area contributed by atoms with Crippen molar-refractivity contribution in [3.63, 3.8) is 0 Å². The molecule has 2 rings (SSSR count). The van der Waals surface area contributed by atoms with Gasteiger partial charge in [0.15, 0.2) is 0 Å². The Morgan fingerprint density at radius 3 is 1.22 bits per heavy atom. The van der Waals surface area contributed by atoms with Crippen molar-refractivity contribution in [3.8, 4) is 0 Å². The Balaban J connectivity index is -0.000000453. The van der Waals surface area contributed by atoms with Crippen molar-refractivity contribution in [2.45, 2.75) is 0 Å². The van der Waals surface area contributed by atoms with E-state index in [1.54, 1.807) is 38.5 Å². The van der Waals surface area contributed by atoms with Crippen LogP contribution in [0.1, 0.15) is 0 Å². The van der Waals surface area contributed by atoms with Crippen LogP contribution in [-0.4, -0.2) is 81.0 Å². The molecule has 0 bridgehead atoms. The van der Waals surface area contributed by atoms with Crippen LogP contribution < -0.4 is 22.1 Å². The molecule has 0 heterocycles. The van der Waals surface area contributed by atoms with Crippen LogP contribution in [0, 0.1) is 0 Å². The zero-order chi connectivity index (χ0) is 28.4. The first-order valence-electron chi connectivity index (χ1n) is 9.43. The quantitative estimate of drug-likeness (QED) is 0.120. The number of ether oxygens (including phenoxy) is 2. The Bertz CT molecular complexity index is 1010. The van der Waals surface area contributed by atoms with Gasteiger partial charge in [-0.15, -0.1) is 0 Å². The van der Waals surface area contributed by atoms with Gasteiger partial charge in [-0.1, -0.05) is 23.2 Å². The van der Waals surface area contributed by atoms with Crippen molar-refractivity contribution in [1.29, 1.82) is 0 Å². The summed E-state index contributed by atoms with van der Waals surface area (Å²) in [5, 5.41) is 7.53. The summed E-state index contributed by atoms with van der Waals surface area (Å²) in [6.07, 6.45) is 0. The van der Waals surface area contributed by atoms with Crippen LogP contribution in [0.25, 0.3) is 0 Å². The van der Waals surface area contributed by atoms with E-state index in [9.17, 15) is 0 Å². The highest BCUT2D eigenvalue weighted by Gasteiger charge is 1.99. The lowest BCUT2D eigenvalue weighted by molar-refractivity contribution is 0.210. The van der Waals surface area contributed by atoms with Crippen molar-refractivity contribution in [3.05, 3.63) is 46.4 Å². The van der Waals surface area contributed by atoms with Gasteiger partial charge in [-0.3, -0.25) is 18.2 Å². The van der Waals surface area contributed by atoms with Crippen LogP contribution in [0.2, 0.25) is 10.0 Å². The average molecular weight is 616 g/mol. The summed E-state index contributed by atoms with van der Waals surface area (Å²) in [4.78, 5) is 0. The van der Waals surface area contributed by atoms with Gasteiger partial charge in [0.05, 0.1) is 34.6 Å². The average Bonchev–Trinajstić information content (AvgIpc) is 2.70. The Morgan fingerprint density at radius 1 is 0.730 bits per heavy atom. The first kappa shape index (κ1) is 39.4. The van der Waals surface area contributed by atoms with Crippen LogP contribution in [-0.2, 0) is 30.3 Å². The first-order chi connectivity index (χ1) is 16.5. The molecule has 0 atom stereocenters.